The van der Waals surface area contributed by atoms with Crippen molar-refractivity contribution in [3.8, 4) is 0 Å². The third-order valence-electron chi connectivity index (χ3n) is 4.99. The predicted octanol–water partition coefficient (Wildman–Crippen LogP) is 1.56. The maximum atomic E-state index is 13.3. The molecule has 10 heteroatoms. The molecule has 2 aromatic carbocycles. The number of carbonyl (C=O) groups excluding carboxylic acids is 3. The lowest BCUT2D eigenvalue weighted by atomic mass is 10.2. The van der Waals surface area contributed by atoms with E-state index in [4.69, 9.17) is 11.6 Å². The van der Waals surface area contributed by atoms with Gasteiger partial charge in [0.1, 0.15) is 0 Å². The van der Waals surface area contributed by atoms with Crippen LogP contribution >= 0.6 is 11.6 Å². The van der Waals surface area contributed by atoms with Crippen LogP contribution in [0.25, 0.3) is 0 Å². The van der Waals surface area contributed by atoms with Crippen molar-refractivity contribution in [1.82, 2.24) is 15.1 Å². The van der Waals surface area contributed by atoms with Crippen molar-refractivity contribution in [2.75, 3.05) is 26.2 Å². The third-order valence-corrected chi connectivity index (χ3v) is 7.10. The number of hydrogen-bond acceptors (Lipinski definition) is 5. The van der Waals surface area contributed by atoms with Crippen LogP contribution in [0.1, 0.15) is 17.3 Å². The first kappa shape index (κ1) is 22.8. The second-order valence-corrected chi connectivity index (χ2v) is 9.52. The van der Waals surface area contributed by atoms with Gasteiger partial charge in [0.15, 0.2) is 0 Å². The Kier molecular flexibility index (Phi) is 6.97. The smallest absolute Gasteiger partial charge is 0.261 e. The molecular weight excluding hydrogens is 442 g/mol. The highest BCUT2D eigenvalue weighted by atomic mass is 35.5. The maximum Gasteiger partial charge on any atom is 0.261 e. The Bertz CT molecular complexity index is 1080. The van der Waals surface area contributed by atoms with Gasteiger partial charge >= 0.3 is 0 Å². The Morgan fingerprint density at radius 2 is 1.55 bits per heavy atom. The van der Waals surface area contributed by atoms with E-state index in [-0.39, 0.29) is 29.5 Å². The Morgan fingerprint density at radius 1 is 0.935 bits per heavy atom. The molecule has 1 fully saturated rings. The molecule has 31 heavy (non-hydrogen) atoms. The van der Waals surface area contributed by atoms with Crippen LogP contribution in [0.3, 0.4) is 0 Å². The van der Waals surface area contributed by atoms with Gasteiger partial charge in [0.2, 0.25) is 21.1 Å². The lowest BCUT2D eigenvalue weighted by molar-refractivity contribution is -0.138. The van der Waals surface area contributed by atoms with Crippen LogP contribution in [-0.4, -0.2) is 67.5 Å². The second kappa shape index (κ2) is 9.49. The number of nitrogens with one attached hydrogen (secondary N) is 1. The number of rotatable bonds is 5. The molecule has 0 spiro atoms. The number of halogens is 1. The summed E-state index contributed by atoms with van der Waals surface area (Å²) in [6.45, 7) is 2.37. The Balaban J connectivity index is 1.90. The van der Waals surface area contributed by atoms with E-state index in [0.717, 1.165) is 0 Å². The minimum absolute atomic E-state index is 0.0814. The average molecular weight is 464 g/mol. The van der Waals surface area contributed by atoms with Crippen LogP contribution in [0, 0.1) is 0 Å². The molecule has 1 unspecified atom stereocenters. The van der Waals surface area contributed by atoms with Crippen molar-refractivity contribution in [3.05, 3.63) is 65.2 Å². The van der Waals surface area contributed by atoms with Crippen molar-refractivity contribution < 1.29 is 22.8 Å². The molecule has 1 atom stereocenters. The molecule has 1 aliphatic rings. The van der Waals surface area contributed by atoms with E-state index >= 15 is 0 Å². The summed E-state index contributed by atoms with van der Waals surface area (Å²) >= 11 is 5.93. The van der Waals surface area contributed by atoms with Crippen molar-refractivity contribution >= 4 is 39.2 Å². The summed E-state index contributed by atoms with van der Waals surface area (Å²) in [5.74, 6) is -1.60. The fraction of sp³-hybridized carbons (Fsp3) is 0.286. The van der Waals surface area contributed by atoms with E-state index in [1.807, 2.05) is 0 Å². The molecular formula is C21H22ClN3O5S. The first-order valence-corrected chi connectivity index (χ1v) is 11.5. The molecule has 0 saturated carbocycles. The number of nitrogens with zero attached hydrogens (tertiary/aromatic N) is 2. The first-order chi connectivity index (χ1) is 14.7. The van der Waals surface area contributed by atoms with Crippen molar-refractivity contribution in [2.45, 2.75) is 17.2 Å². The molecule has 1 saturated heterocycles. The normalized spacial score (nSPS) is 15.3. The lowest BCUT2D eigenvalue weighted by Gasteiger charge is -2.36. The summed E-state index contributed by atoms with van der Waals surface area (Å²) in [5, 5.41) is 0.866. The molecule has 8 nitrogen and oxygen atoms in total. The molecule has 1 N–H and O–H groups in total. The Morgan fingerprint density at radius 3 is 2.13 bits per heavy atom. The zero-order chi connectivity index (χ0) is 22.6. The number of sulfone groups is 1. The monoisotopic (exact) mass is 463 g/mol. The van der Waals surface area contributed by atoms with Gasteiger partial charge in [-0.15, -0.1) is 0 Å². The van der Waals surface area contributed by atoms with E-state index in [9.17, 15) is 22.8 Å². The van der Waals surface area contributed by atoms with E-state index in [0.29, 0.717) is 18.1 Å². The molecule has 164 valence electrons. The Hall–Kier alpha value is -2.91. The summed E-state index contributed by atoms with van der Waals surface area (Å²) in [6, 6.07) is 13.5. The van der Waals surface area contributed by atoms with E-state index < -0.39 is 27.0 Å². The molecule has 0 bridgehead atoms. The maximum absolute atomic E-state index is 13.3. The van der Waals surface area contributed by atoms with Crippen LogP contribution in [0.4, 0.5) is 0 Å². The minimum atomic E-state index is -4.23. The zero-order valence-electron chi connectivity index (χ0n) is 16.8. The highest BCUT2D eigenvalue weighted by molar-refractivity contribution is 7.92. The predicted molar refractivity (Wildman–Crippen MR) is 115 cm³/mol. The molecule has 0 aliphatic carbocycles. The van der Waals surface area contributed by atoms with Crippen molar-refractivity contribution in [2.24, 2.45) is 0 Å². The van der Waals surface area contributed by atoms with E-state index in [2.05, 4.69) is 5.32 Å². The molecule has 3 amide bonds. The number of carbonyl (C=O) groups is 3. The standard InChI is InChI=1S/C21H22ClN3O5S/c1-15(26)24-10-12-25(13-11-24)21(28)20(31(29,30)18-8-3-2-4-9-18)23-19(27)16-6-5-7-17(22)14-16/h2-9,14,20H,10-13H2,1H3,(H,23,27). The van der Waals surface area contributed by atoms with Crippen molar-refractivity contribution in [1.29, 1.82) is 0 Å². The highest BCUT2D eigenvalue weighted by Crippen LogP contribution is 2.19. The minimum Gasteiger partial charge on any atom is -0.339 e. The van der Waals surface area contributed by atoms with E-state index in [1.165, 1.54) is 36.1 Å². The summed E-state index contributed by atoms with van der Waals surface area (Å²) in [5.41, 5.74) is 0.134. The lowest BCUT2D eigenvalue weighted by Crippen LogP contribution is -2.57. The van der Waals surface area contributed by atoms with Gasteiger partial charge in [0, 0.05) is 43.7 Å². The Labute approximate surface area is 185 Å². The fourth-order valence-electron chi connectivity index (χ4n) is 3.26. The van der Waals surface area contributed by atoms with Gasteiger partial charge in [-0.25, -0.2) is 8.42 Å². The molecule has 3 rings (SSSR count). The number of benzene rings is 2. The summed E-state index contributed by atoms with van der Waals surface area (Å²) in [7, 11) is -4.23. The largest absolute Gasteiger partial charge is 0.339 e. The van der Waals surface area contributed by atoms with Crippen LogP contribution in [-0.2, 0) is 19.4 Å². The van der Waals surface area contributed by atoms with Gasteiger partial charge in [0.25, 0.3) is 11.8 Å². The van der Waals surface area contributed by atoms with Crippen molar-refractivity contribution in [3.63, 3.8) is 0 Å². The van der Waals surface area contributed by atoms with Gasteiger partial charge < -0.3 is 15.1 Å². The van der Waals surface area contributed by atoms with Gasteiger partial charge in [-0.3, -0.25) is 14.4 Å². The molecule has 1 heterocycles. The zero-order valence-corrected chi connectivity index (χ0v) is 18.4. The van der Waals surface area contributed by atoms with E-state index in [1.54, 1.807) is 35.2 Å². The number of amides is 3. The fourth-order valence-corrected chi connectivity index (χ4v) is 4.93. The van der Waals surface area contributed by atoms with Gasteiger partial charge in [-0.05, 0) is 30.3 Å². The van der Waals surface area contributed by atoms with Gasteiger partial charge in [-0.1, -0.05) is 35.9 Å². The highest BCUT2D eigenvalue weighted by Gasteiger charge is 2.39. The average Bonchev–Trinajstić information content (AvgIpc) is 2.77. The second-order valence-electron chi connectivity index (χ2n) is 7.05. The third kappa shape index (κ3) is 5.23. The van der Waals surface area contributed by atoms with Crippen LogP contribution in [0.15, 0.2) is 59.5 Å². The molecule has 0 aromatic heterocycles. The number of piperazine rings is 1. The summed E-state index contributed by atoms with van der Waals surface area (Å²) in [4.78, 5) is 40.4. The van der Waals surface area contributed by atoms with Gasteiger partial charge in [0.05, 0.1) is 4.90 Å². The quantitative estimate of drug-likeness (QED) is 0.724. The van der Waals surface area contributed by atoms with Crippen LogP contribution in [0.5, 0.6) is 0 Å². The first-order valence-electron chi connectivity index (χ1n) is 9.60. The van der Waals surface area contributed by atoms with Gasteiger partial charge in [-0.2, -0.15) is 0 Å². The topological polar surface area (TPSA) is 104 Å². The summed E-state index contributed by atoms with van der Waals surface area (Å²) < 4.78 is 26.5. The number of hydrogen-bond donors (Lipinski definition) is 1. The van der Waals surface area contributed by atoms with Crippen LogP contribution in [0.2, 0.25) is 5.02 Å². The molecule has 2 aromatic rings. The van der Waals surface area contributed by atoms with Crippen LogP contribution < -0.4 is 5.32 Å². The summed E-state index contributed by atoms with van der Waals surface area (Å²) in [6.07, 6.45) is 0. The molecule has 0 radical (unpaired) electrons. The molecule has 1 aliphatic heterocycles. The SMILES string of the molecule is CC(=O)N1CCN(C(=O)C(NC(=O)c2cccc(Cl)c2)S(=O)(=O)c2ccccc2)CC1.